The zero-order valence-corrected chi connectivity index (χ0v) is 4.48. The van der Waals surface area contributed by atoms with Crippen molar-refractivity contribution >= 4 is 0 Å². The summed E-state index contributed by atoms with van der Waals surface area (Å²) in [7, 11) is 0. The standard InChI is InChI=1S/C4H10FNO/c1-4(2,5)3(6)7/h3,7H,6H2,1-2H3/t3-/m1/s1. The van der Waals surface area contributed by atoms with E-state index < -0.39 is 11.9 Å². The highest BCUT2D eigenvalue weighted by atomic mass is 19.1. The van der Waals surface area contributed by atoms with E-state index in [0.29, 0.717) is 0 Å². The van der Waals surface area contributed by atoms with Gasteiger partial charge < -0.3 is 10.8 Å². The Hall–Kier alpha value is -0.150. The summed E-state index contributed by atoms with van der Waals surface area (Å²) in [6.07, 6.45) is -1.37. The second-order valence-electron chi connectivity index (χ2n) is 2.01. The molecule has 0 aromatic carbocycles. The van der Waals surface area contributed by atoms with Crippen LogP contribution in [0.25, 0.3) is 0 Å². The van der Waals surface area contributed by atoms with E-state index in [1.165, 1.54) is 13.8 Å². The number of aliphatic hydroxyl groups excluding tert-OH is 1. The molecule has 0 heterocycles. The molecule has 0 saturated carbocycles. The molecule has 0 aliphatic rings. The van der Waals surface area contributed by atoms with Gasteiger partial charge in [0.1, 0.15) is 11.9 Å². The lowest BCUT2D eigenvalue weighted by Crippen LogP contribution is -2.38. The number of aliphatic hydroxyl groups is 1. The van der Waals surface area contributed by atoms with Crippen LogP contribution in [0.1, 0.15) is 13.8 Å². The van der Waals surface area contributed by atoms with Crippen LogP contribution in [-0.2, 0) is 0 Å². The molecule has 2 nitrogen and oxygen atoms in total. The van der Waals surface area contributed by atoms with Crippen molar-refractivity contribution in [3.8, 4) is 0 Å². The van der Waals surface area contributed by atoms with Gasteiger partial charge in [0.15, 0.2) is 0 Å². The predicted octanol–water partition coefficient (Wildman–Crippen LogP) is 0.0116. The second kappa shape index (κ2) is 1.76. The molecule has 0 rings (SSSR count). The molecule has 3 N–H and O–H groups in total. The summed E-state index contributed by atoms with van der Waals surface area (Å²) in [6, 6.07) is 0. The molecule has 0 bridgehead atoms. The lowest BCUT2D eigenvalue weighted by Gasteiger charge is -2.16. The third-order valence-corrected chi connectivity index (χ3v) is 0.703. The first-order chi connectivity index (χ1) is 2.94. The average molecular weight is 107 g/mol. The van der Waals surface area contributed by atoms with Gasteiger partial charge in [-0.15, -0.1) is 0 Å². The van der Waals surface area contributed by atoms with Gasteiger partial charge >= 0.3 is 0 Å². The number of halogens is 1. The van der Waals surface area contributed by atoms with Crippen LogP contribution in [0.2, 0.25) is 0 Å². The Kier molecular flexibility index (Phi) is 1.72. The fourth-order valence-corrected chi connectivity index (χ4v) is 0. The molecule has 0 saturated heterocycles. The smallest absolute Gasteiger partial charge is 0.144 e. The molecule has 0 amide bonds. The third kappa shape index (κ3) is 2.53. The van der Waals surface area contributed by atoms with Gasteiger partial charge in [-0.1, -0.05) is 0 Å². The fourth-order valence-electron chi connectivity index (χ4n) is 0. The van der Waals surface area contributed by atoms with Crippen LogP contribution in [0.4, 0.5) is 4.39 Å². The minimum atomic E-state index is -1.67. The topological polar surface area (TPSA) is 46.2 Å². The molecule has 0 aliphatic heterocycles. The number of hydrogen-bond donors (Lipinski definition) is 2. The zero-order chi connectivity index (χ0) is 6.08. The number of nitrogens with two attached hydrogens (primary N) is 1. The Morgan fingerprint density at radius 2 is 1.86 bits per heavy atom. The van der Waals surface area contributed by atoms with E-state index in [1.807, 2.05) is 0 Å². The van der Waals surface area contributed by atoms with E-state index in [9.17, 15) is 4.39 Å². The average Bonchev–Trinajstić information content (AvgIpc) is 1.31. The first kappa shape index (κ1) is 6.85. The number of hydrogen-bond acceptors (Lipinski definition) is 2. The van der Waals surface area contributed by atoms with Gasteiger partial charge in [0, 0.05) is 0 Å². The van der Waals surface area contributed by atoms with Crippen LogP contribution in [0.3, 0.4) is 0 Å². The van der Waals surface area contributed by atoms with E-state index in [-0.39, 0.29) is 0 Å². The lowest BCUT2D eigenvalue weighted by atomic mass is 10.1. The van der Waals surface area contributed by atoms with Crippen molar-refractivity contribution in [1.82, 2.24) is 0 Å². The van der Waals surface area contributed by atoms with Gasteiger partial charge in [-0.05, 0) is 13.8 Å². The maximum atomic E-state index is 12.1. The molecule has 0 aromatic heterocycles. The Balaban J connectivity index is 3.54. The van der Waals surface area contributed by atoms with Crippen LogP contribution in [0, 0.1) is 0 Å². The van der Waals surface area contributed by atoms with Gasteiger partial charge in [0.05, 0.1) is 0 Å². The molecule has 7 heavy (non-hydrogen) atoms. The van der Waals surface area contributed by atoms with Gasteiger partial charge in [0.2, 0.25) is 0 Å². The number of alkyl halides is 1. The molecule has 0 aromatic rings. The minimum absolute atomic E-state index is 1.22. The summed E-state index contributed by atoms with van der Waals surface area (Å²) < 4.78 is 12.1. The number of rotatable bonds is 1. The van der Waals surface area contributed by atoms with Gasteiger partial charge in [0.25, 0.3) is 0 Å². The molecular formula is C4H10FNO. The van der Waals surface area contributed by atoms with E-state index >= 15 is 0 Å². The van der Waals surface area contributed by atoms with Gasteiger partial charge in [-0.2, -0.15) is 0 Å². The quantitative estimate of drug-likeness (QED) is 0.464. The summed E-state index contributed by atoms with van der Waals surface area (Å²) in [5, 5.41) is 8.29. The highest BCUT2D eigenvalue weighted by molar-refractivity contribution is 4.70. The Bertz CT molecular complexity index is 57.2. The maximum absolute atomic E-state index is 12.1. The largest absolute Gasteiger partial charge is 0.375 e. The Morgan fingerprint density at radius 1 is 1.71 bits per heavy atom. The monoisotopic (exact) mass is 107 g/mol. The Labute approximate surface area is 42.1 Å². The molecule has 44 valence electrons. The normalized spacial score (nSPS) is 16.7. The van der Waals surface area contributed by atoms with Crippen molar-refractivity contribution in [1.29, 1.82) is 0 Å². The molecule has 0 fully saturated rings. The molecular weight excluding hydrogens is 97.0 g/mol. The maximum Gasteiger partial charge on any atom is 0.144 e. The van der Waals surface area contributed by atoms with Crippen LogP contribution in [-0.4, -0.2) is 17.0 Å². The second-order valence-corrected chi connectivity index (χ2v) is 2.01. The van der Waals surface area contributed by atoms with E-state index in [0.717, 1.165) is 0 Å². The van der Waals surface area contributed by atoms with Crippen LogP contribution >= 0.6 is 0 Å². The summed E-state index contributed by atoms with van der Waals surface area (Å²) in [4.78, 5) is 0. The van der Waals surface area contributed by atoms with Gasteiger partial charge in [-0.3, -0.25) is 0 Å². The molecule has 0 aliphatic carbocycles. The third-order valence-electron chi connectivity index (χ3n) is 0.703. The lowest BCUT2D eigenvalue weighted by molar-refractivity contribution is 0.0222. The molecule has 3 heteroatoms. The van der Waals surface area contributed by atoms with Crippen LogP contribution in [0.15, 0.2) is 0 Å². The summed E-state index contributed by atoms with van der Waals surface area (Å²) >= 11 is 0. The van der Waals surface area contributed by atoms with E-state index in [4.69, 9.17) is 10.8 Å². The zero-order valence-electron chi connectivity index (χ0n) is 4.48. The van der Waals surface area contributed by atoms with Crippen molar-refractivity contribution in [2.24, 2.45) is 5.73 Å². The highest BCUT2D eigenvalue weighted by Gasteiger charge is 2.22. The fraction of sp³-hybridized carbons (Fsp3) is 1.00. The molecule has 1 atom stereocenters. The van der Waals surface area contributed by atoms with Crippen molar-refractivity contribution in [3.63, 3.8) is 0 Å². The van der Waals surface area contributed by atoms with Crippen LogP contribution < -0.4 is 5.73 Å². The first-order valence-corrected chi connectivity index (χ1v) is 2.07. The Morgan fingerprint density at radius 3 is 1.86 bits per heavy atom. The molecule has 0 unspecified atom stereocenters. The van der Waals surface area contributed by atoms with Crippen molar-refractivity contribution in [3.05, 3.63) is 0 Å². The van der Waals surface area contributed by atoms with Crippen molar-refractivity contribution in [2.45, 2.75) is 25.7 Å². The SMILES string of the molecule is CC(C)(F)[C@H](N)O. The van der Waals surface area contributed by atoms with E-state index in [2.05, 4.69) is 0 Å². The summed E-state index contributed by atoms with van der Waals surface area (Å²) in [6.45, 7) is 2.44. The van der Waals surface area contributed by atoms with Crippen molar-refractivity contribution < 1.29 is 9.50 Å². The molecule has 0 radical (unpaired) electrons. The summed E-state index contributed by atoms with van der Waals surface area (Å²) in [5.41, 5.74) is 3.08. The van der Waals surface area contributed by atoms with Crippen LogP contribution in [0.5, 0.6) is 0 Å². The van der Waals surface area contributed by atoms with Crippen molar-refractivity contribution in [2.75, 3.05) is 0 Å². The van der Waals surface area contributed by atoms with Gasteiger partial charge in [-0.25, -0.2) is 4.39 Å². The first-order valence-electron chi connectivity index (χ1n) is 2.07. The highest BCUT2D eigenvalue weighted by Crippen LogP contribution is 2.08. The summed E-state index contributed by atoms with van der Waals surface area (Å²) in [5.74, 6) is 0. The minimum Gasteiger partial charge on any atom is -0.375 e. The molecule has 0 spiro atoms. The van der Waals surface area contributed by atoms with E-state index in [1.54, 1.807) is 0 Å². The predicted molar refractivity (Wildman–Crippen MR) is 25.4 cm³/mol.